The number of hydrogen-bond donors (Lipinski definition) is 0. The van der Waals surface area contributed by atoms with Crippen LogP contribution in [0.1, 0.15) is 26.6 Å². The summed E-state index contributed by atoms with van der Waals surface area (Å²) < 4.78 is 12.6. The van der Waals surface area contributed by atoms with Gasteiger partial charge in [0, 0.05) is 17.3 Å². The van der Waals surface area contributed by atoms with Crippen LogP contribution in [0.3, 0.4) is 0 Å². The Morgan fingerprint density at radius 2 is 2.16 bits per heavy atom. The van der Waals surface area contributed by atoms with E-state index in [1.807, 2.05) is 48.8 Å². The molecule has 6 nitrogen and oxygen atoms in total. The van der Waals surface area contributed by atoms with E-state index in [0.29, 0.717) is 22.2 Å². The molecule has 0 aliphatic rings. The highest BCUT2D eigenvalue weighted by molar-refractivity contribution is 7.15. The minimum absolute atomic E-state index is 0.104. The predicted molar refractivity (Wildman–Crippen MR) is 93.6 cm³/mol. The van der Waals surface area contributed by atoms with Crippen LogP contribution in [-0.2, 0) is 11.3 Å². The number of nitrogens with zero attached hydrogens (tertiary/aromatic N) is 3. The molecule has 0 fully saturated rings. The first-order chi connectivity index (χ1) is 12.1. The molecule has 0 aromatic carbocycles. The van der Waals surface area contributed by atoms with E-state index in [9.17, 15) is 4.79 Å². The highest BCUT2D eigenvalue weighted by atomic mass is 32.1. The number of aryl methyl sites for hydroxylation is 2. The van der Waals surface area contributed by atoms with Gasteiger partial charge in [-0.3, -0.25) is 0 Å². The van der Waals surface area contributed by atoms with Crippen molar-refractivity contribution in [2.24, 2.45) is 0 Å². The number of carbonyl (C=O) groups excluding carboxylic acids is 1. The lowest BCUT2D eigenvalue weighted by Crippen LogP contribution is -2.07. The molecule has 4 heterocycles. The number of pyridine rings is 1. The van der Waals surface area contributed by atoms with E-state index in [0.717, 1.165) is 16.1 Å². The molecule has 0 N–H and O–H groups in total. The second-order valence-electron chi connectivity index (χ2n) is 5.63. The summed E-state index contributed by atoms with van der Waals surface area (Å²) >= 11 is 1.40. The third-order valence-electron chi connectivity index (χ3n) is 3.80. The van der Waals surface area contributed by atoms with Crippen molar-refractivity contribution in [3.8, 4) is 10.8 Å². The lowest BCUT2D eigenvalue weighted by molar-refractivity contribution is 0.0461. The molecule has 7 heteroatoms. The Balaban J connectivity index is 1.51. The van der Waals surface area contributed by atoms with Gasteiger partial charge >= 0.3 is 5.97 Å². The van der Waals surface area contributed by atoms with E-state index in [4.69, 9.17) is 9.15 Å². The second-order valence-corrected chi connectivity index (χ2v) is 6.83. The summed E-state index contributed by atoms with van der Waals surface area (Å²) in [7, 11) is 0. The molecule has 0 amide bonds. The number of furan rings is 1. The Bertz CT molecular complexity index is 1050. The van der Waals surface area contributed by atoms with Crippen LogP contribution in [-0.4, -0.2) is 20.3 Å². The maximum atomic E-state index is 12.4. The minimum atomic E-state index is -0.458. The molecule has 0 aliphatic carbocycles. The highest BCUT2D eigenvalue weighted by Crippen LogP contribution is 2.28. The zero-order valence-electron chi connectivity index (χ0n) is 13.7. The van der Waals surface area contributed by atoms with E-state index in [1.54, 1.807) is 12.3 Å². The van der Waals surface area contributed by atoms with Crippen LogP contribution in [0.25, 0.3) is 16.4 Å². The van der Waals surface area contributed by atoms with Crippen LogP contribution in [0, 0.1) is 13.8 Å². The molecule has 0 spiro atoms. The number of thiazole rings is 1. The largest absolute Gasteiger partial charge is 0.462 e. The Morgan fingerprint density at radius 3 is 2.92 bits per heavy atom. The van der Waals surface area contributed by atoms with Gasteiger partial charge in [-0.1, -0.05) is 6.07 Å². The van der Waals surface area contributed by atoms with Gasteiger partial charge in [0.15, 0.2) is 16.5 Å². The lowest BCUT2D eigenvalue weighted by Gasteiger charge is -2.00. The first kappa shape index (κ1) is 15.6. The molecule has 126 valence electrons. The van der Waals surface area contributed by atoms with Gasteiger partial charge in [0.25, 0.3) is 0 Å². The van der Waals surface area contributed by atoms with Crippen LogP contribution in [0.4, 0.5) is 0 Å². The number of rotatable bonds is 4. The molecular formula is C18H15N3O3S. The van der Waals surface area contributed by atoms with Gasteiger partial charge < -0.3 is 13.6 Å². The molecule has 25 heavy (non-hydrogen) atoms. The van der Waals surface area contributed by atoms with Gasteiger partial charge in [0.05, 0.1) is 12.0 Å². The van der Waals surface area contributed by atoms with Crippen LogP contribution in [0.15, 0.2) is 47.3 Å². The van der Waals surface area contributed by atoms with E-state index < -0.39 is 5.97 Å². The smallest absolute Gasteiger partial charge is 0.358 e. The minimum Gasteiger partial charge on any atom is -0.462 e. The fraction of sp³-hybridized carbons (Fsp3) is 0.167. The number of fused-ring (bicyclic) bond motifs is 1. The van der Waals surface area contributed by atoms with E-state index in [2.05, 4.69) is 9.97 Å². The zero-order valence-corrected chi connectivity index (χ0v) is 14.5. The maximum absolute atomic E-state index is 12.4. The summed E-state index contributed by atoms with van der Waals surface area (Å²) in [5.41, 5.74) is 2.94. The zero-order chi connectivity index (χ0) is 17.4. The van der Waals surface area contributed by atoms with Crippen molar-refractivity contribution in [2.45, 2.75) is 20.5 Å². The number of hydrogen-bond acceptors (Lipinski definition) is 6. The fourth-order valence-corrected chi connectivity index (χ4v) is 3.44. The van der Waals surface area contributed by atoms with Gasteiger partial charge in [-0.25, -0.2) is 14.8 Å². The van der Waals surface area contributed by atoms with Crippen molar-refractivity contribution in [3.63, 3.8) is 0 Å². The van der Waals surface area contributed by atoms with Crippen molar-refractivity contribution in [3.05, 3.63) is 64.8 Å². The molecule has 0 aliphatic heterocycles. The SMILES string of the molecule is Cc1sc(-c2ccco2)nc1C(=O)OCc1cn2cccc(C)c2n1. The van der Waals surface area contributed by atoms with E-state index in [-0.39, 0.29) is 6.61 Å². The van der Waals surface area contributed by atoms with Crippen molar-refractivity contribution < 1.29 is 13.9 Å². The van der Waals surface area contributed by atoms with Crippen molar-refractivity contribution >= 4 is 23.0 Å². The Morgan fingerprint density at radius 1 is 1.28 bits per heavy atom. The molecule has 0 bridgehead atoms. The summed E-state index contributed by atoms with van der Waals surface area (Å²) in [6.45, 7) is 3.94. The summed E-state index contributed by atoms with van der Waals surface area (Å²) in [6.07, 6.45) is 5.36. The van der Waals surface area contributed by atoms with Crippen LogP contribution < -0.4 is 0 Å². The van der Waals surface area contributed by atoms with Crippen molar-refractivity contribution in [2.75, 3.05) is 0 Å². The number of carbonyl (C=O) groups is 1. The fourth-order valence-electron chi connectivity index (χ4n) is 2.57. The summed E-state index contributed by atoms with van der Waals surface area (Å²) in [4.78, 5) is 22.0. The van der Waals surface area contributed by atoms with Gasteiger partial charge in [-0.2, -0.15) is 0 Å². The first-order valence-electron chi connectivity index (χ1n) is 7.73. The van der Waals surface area contributed by atoms with Gasteiger partial charge in [0.2, 0.25) is 0 Å². The van der Waals surface area contributed by atoms with E-state index >= 15 is 0 Å². The summed E-state index contributed by atoms with van der Waals surface area (Å²) in [5, 5.41) is 0.665. The highest BCUT2D eigenvalue weighted by Gasteiger charge is 2.19. The summed E-state index contributed by atoms with van der Waals surface area (Å²) in [6, 6.07) is 7.55. The van der Waals surface area contributed by atoms with Crippen LogP contribution in [0.2, 0.25) is 0 Å². The third kappa shape index (κ3) is 2.94. The predicted octanol–water partition coefficient (Wildman–Crippen LogP) is 4.02. The Labute approximate surface area is 147 Å². The standard InChI is InChI=1S/C18H15N3O3S/c1-11-5-3-7-21-9-13(19-16(11)21)10-24-18(22)15-12(2)25-17(20-15)14-6-4-8-23-14/h3-9H,10H2,1-2H3. The van der Waals surface area contributed by atoms with Gasteiger partial charge in [-0.15, -0.1) is 11.3 Å². The molecule has 0 atom stereocenters. The van der Waals surface area contributed by atoms with Crippen molar-refractivity contribution in [1.82, 2.24) is 14.4 Å². The average molecular weight is 353 g/mol. The molecule has 4 aromatic rings. The second kappa shape index (κ2) is 6.18. The normalized spacial score (nSPS) is 11.1. The topological polar surface area (TPSA) is 69.6 Å². The maximum Gasteiger partial charge on any atom is 0.358 e. The molecule has 0 radical (unpaired) electrons. The molecular weight excluding hydrogens is 338 g/mol. The number of imidazole rings is 1. The molecule has 0 unspecified atom stereocenters. The molecule has 0 saturated heterocycles. The number of aromatic nitrogens is 3. The van der Waals surface area contributed by atoms with Gasteiger partial charge in [-0.05, 0) is 37.6 Å². The third-order valence-corrected chi connectivity index (χ3v) is 4.79. The average Bonchev–Trinajstić information content (AvgIpc) is 3.32. The van der Waals surface area contributed by atoms with E-state index in [1.165, 1.54) is 11.3 Å². The van der Waals surface area contributed by atoms with Crippen LogP contribution >= 0.6 is 11.3 Å². The number of ether oxygens (including phenoxy) is 1. The monoisotopic (exact) mass is 353 g/mol. The number of esters is 1. The lowest BCUT2D eigenvalue weighted by atomic mass is 10.3. The quantitative estimate of drug-likeness (QED) is 0.518. The van der Waals surface area contributed by atoms with Crippen LogP contribution in [0.5, 0.6) is 0 Å². The van der Waals surface area contributed by atoms with Gasteiger partial charge in [0.1, 0.15) is 12.3 Å². The Kier molecular flexibility index (Phi) is 3.85. The molecule has 0 saturated carbocycles. The van der Waals surface area contributed by atoms with Crippen molar-refractivity contribution in [1.29, 1.82) is 0 Å². The molecule has 4 rings (SSSR count). The molecule has 4 aromatic heterocycles. The first-order valence-corrected chi connectivity index (χ1v) is 8.55. The summed E-state index contributed by atoms with van der Waals surface area (Å²) in [5.74, 6) is 0.184. The Hall–Kier alpha value is -2.93.